The summed E-state index contributed by atoms with van der Waals surface area (Å²) >= 11 is 0. The zero-order chi connectivity index (χ0) is 16.3. The summed E-state index contributed by atoms with van der Waals surface area (Å²) in [5.74, 6) is -3.08. The van der Waals surface area contributed by atoms with E-state index in [2.05, 4.69) is 0 Å². The van der Waals surface area contributed by atoms with Crippen LogP contribution in [0.25, 0.3) is 0 Å². The maximum atomic E-state index is 10.9. The fourth-order valence-corrected chi connectivity index (χ4v) is 1.71. The fourth-order valence-electron chi connectivity index (χ4n) is 1.71. The minimum Gasteiger partial charge on any atom is -0.545 e. The predicted molar refractivity (Wildman–Crippen MR) is 68.3 cm³/mol. The van der Waals surface area contributed by atoms with Crippen LogP contribution in [0.1, 0.15) is 20.7 Å². The van der Waals surface area contributed by atoms with Crippen molar-refractivity contribution in [3.63, 3.8) is 0 Å². The van der Waals surface area contributed by atoms with Gasteiger partial charge in [-0.3, -0.25) is 10.1 Å². The Labute approximate surface area is 123 Å². The number of nitro groups is 1. The maximum absolute atomic E-state index is 10.9. The minimum absolute atomic E-state index is 0.0399. The van der Waals surface area contributed by atoms with Gasteiger partial charge >= 0.3 is 0 Å². The quantitative estimate of drug-likeness (QED) is 0.565. The van der Waals surface area contributed by atoms with Gasteiger partial charge in [-0.05, 0) is 30.3 Å². The summed E-state index contributed by atoms with van der Waals surface area (Å²) in [7, 11) is 0. The van der Waals surface area contributed by atoms with Gasteiger partial charge in [0.25, 0.3) is 5.69 Å². The molecule has 0 fully saturated rings. The lowest BCUT2D eigenvalue weighted by Gasteiger charge is -2.13. The summed E-state index contributed by atoms with van der Waals surface area (Å²) in [4.78, 5) is 31.7. The molecule has 0 N–H and O–H groups in total. The van der Waals surface area contributed by atoms with E-state index >= 15 is 0 Å². The molecule has 0 saturated heterocycles. The Bertz CT molecular complexity index is 752. The molecule has 0 aliphatic rings. The summed E-state index contributed by atoms with van der Waals surface area (Å²) in [6, 6.07) is 8.30. The van der Waals surface area contributed by atoms with Crippen molar-refractivity contribution in [2.75, 3.05) is 0 Å². The van der Waals surface area contributed by atoms with Crippen LogP contribution in [0.5, 0.6) is 11.5 Å². The van der Waals surface area contributed by atoms with E-state index in [1.165, 1.54) is 30.3 Å². The Kier molecular flexibility index (Phi) is 4.03. The van der Waals surface area contributed by atoms with Crippen LogP contribution in [0.2, 0.25) is 0 Å². The molecule has 112 valence electrons. The highest BCUT2D eigenvalue weighted by atomic mass is 16.6. The SMILES string of the molecule is O=C([O-])c1ccc(Oc2ccc([N+](=O)[O-])cc2)cc1C(=O)[O-]. The fraction of sp³-hybridized carbons (Fsp3) is 0. The highest BCUT2D eigenvalue weighted by Crippen LogP contribution is 2.25. The largest absolute Gasteiger partial charge is 0.545 e. The number of aromatic carboxylic acids is 2. The van der Waals surface area contributed by atoms with E-state index in [1.807, 2.05) is 0 Å². The zero-order valence-corrected chi connectivity index (χ0v) is 10.8. The number of benzene rings is 2. The van der Waals surface area contributed by atoms with Crippen molar-refractivity contribution < 1.29 is 29.5 Å². The molecule has 0 radical (unpaired) electrons. The smallest absolute Gasteiger partial charge is 0.269 e. The lowest BCUT2D eigenvalue weighted by atomic mass is 10.1. The Balaban J connectivity index is 2.30. The first-order valence-corrected chi connectivity index (χ1v) is 5.87. The average molecular weight is 301 g/mol. The second-order valence-corrected chi connectivity index (χ2v) is 4.14. The highest BCUT2D eigenvalue weighted by Gasteiger charge is 2.09. The van der Waals surface area contributed by atoms with Gasteiger partial charge in [-0.2, -0.15) is 0 Å². The van der Waals surface area contributed by atoms with Gasteiger partial charge < -0.3 is 24.5 Å². The first-order valence-electron chi connectivity index (χ1n) is 5.87. The third-order valence-electron chi connectivity index (χ3n) is 2.71. The number of hydrogen-bond acceptors (Lipinski definition) is 7. The number of non-ortho nitro benzene ring substituents is 1. The third kappa shape index (κ3) is 3.18. The second-order valence-electron chi connectivity index (χ2n) is 4.14. The van der Waals surface area contributed by atoms with Gasteiger partial charge in [0.05, 0.1) is 16.9 Å². The molecule has 22 heavy (non-hydrogen) atoms. The number of rotatable bonds is 5. The number of carbonyl (C=O) groups is 2. The van der Waals surface area contributed by atoms with Crippen molar-refractivity contribution in [3.8, 4) is 11.5 Å². The maximum Gasteiger partial charge on any atom is 0.269 e. The van der Waals surface area contributed by atoms with E-state index in [0.29, 0.717) is 0 Å². The lowest BCUT2D eigenvalue weighted by Crippen LogP contribution is -2.30. The van der Waals surface area contributed by atoms with Crippen molar-refractivity contribution in [3.05, 3.63) is 63.7 Å². The molecular formula is C14H7NO7-2. The van der Waals surface area contributed by atoms with E-state index in [0.717, 1.165) is 12.1 Å². The molecule has 8 heteroatoms. The number of ether oxygens (including phenoxy) is 1. The number of nitro benzene ring substituents is 1. The molecule has 0 aliphatic carbocycles. The van der Waals surface area contributed by atoms with Gasteiger partial charge in [-0.1, -0.05) is 0 Å². The van der Waals surface area contributed by atoms with Gasteiger partial charge in [0.1, 0.15) is 11.5 Å². The molecule has 0 unspecified atom stereocenters. The normalized spacial score (nSPS) is 10.0. The first kappa shape index (κ1) is 15.0. The van der Waals surface area contributed by atoms with E-state index in [-0.39, 0.29) is 17.2 Å². The van der Waals surface area contributed by atoms with Crippen molar-refractivity contribution in [1.29, 1.82) is 0 Å². The molecule has 8 nitrogen and oxygen atoms in total. The molecule has 0 bridgehead atoms. The van der Waals surface area contributed by atoms with Crippen LogP contribution in [0.3, 0.4) is 0 Å². The number of carboxylic acids is 2. The van der Waals surface area contributed by atoms with E-state index in [4.69, 9.17) is 4.74 Å². The summed E-state index contributed by atoms with van der Waals surface area (Å²) in [5, 5.41) is 32.2. The van der Waals surface area contributed by atoms with Gasteiger partial charge in [0, 0.05) is 23.3 Å². The van der Waals surface area contributed by atoms with Crippen LogP contribution in [0.4, 0.5) is 5.69 Å². The molecule has 0 saturated carbocycles. The summed E-state index contributed by atoms with van der Waals surface area (Å²) in [6.45, 7) is 0. The van der Waals surface area contributed by atoms with Crippen LogP contribution in [-0.4, -0.2) is 16.9 Å². The third-order valence-corrected chi connectivity index (χ3v) is 2.71. The Morgan fingerprint density at radius 2 is 1.41 bits per heavy atom. The van der Waals surface area contributed by atoms with Crippen molar-refractivity contribution in [2.24, 2.45) is 0 Å². The second kappa shape index (κ2) is 5.92. The topological polar surface area (TPSA) is 133 Å². The van der Waals surface area contributed by atoms with E-state index < -0.39 is 28.0 Å². The monoisotopic (exact) mass is 301 g/mol. The molecule has 2 rings (SSSR count). The summed E-state index contributed by atoms with van der Waals surface area (Å²) in [6.07, 6.45) is 0. The van der Waals surface area contributed by atoms with Gasteiger partial charge in [0.15, 0.2) is 0 Å². The molecule has 0 amide bonds. The Morgan fingerprint density at radius 3 is 1.91 bits per heavy atom. The Morgan fingerprint density at radius 1 is 0.864 bits per heavy atom. The van der Waals surface area contributed by atoms with Gasteiger partial charge in [-0.25, -0.2) is 0 Å². The van der Waals surface area contributed by atoms with Crippen LogP contribution in [0.15, 0.2) is 42.5 Å². The van der Waals surface area contributed by atoms with Gasteiger partial charge in [-0.15, -0.1) is 0 Å². The van der Waals surface area contributed by atoms with E-state index in [1.54, 1.807) is 0 Å². The van der Waals surface area contributed by atoms with Crippen LogP contribution < -0.4 is 14.9 Å². The molecule has 0 aromatic heterocycles. The van der Waals surface area contributed by atoms with Crippen molar-refractivity contribution >= 4 is 17.6 Å². The Hall–Kier alpha value is -3.42. The number of carboxylic acid groups (broad SMARTS) is 2. The van der Waals surface area contributed by atoms with Crippen LogP contribution >= 0.6 is 0 Å². The highest BCUT2D eigenvalue weighted by molar-refractivity contribution is 6.00. The number of nitrogens with zero attached hydrogens (tertiary/aromatic N) is 1. The average Bonchev–Trinajstić information content (AvgIpc) is 2.47. The van der Waals surface area contributed by atoms with Crippen molar-refractivity contribution in [1.82, 2.24) is 0 Å². The number of hydrogen-bond donors (Lipinski definition) is 0. The van der Waals surface area contributed by atoms with Gasteiger partial charge in [0.2, 0.25) is 0 Å². The van der Waals surface area contributed by atoms with Crippen molar-refractivity contribution in [2.45, 2.75) is 0 Å². The molecule has 2 aromatic carbocycles. The standard InChI is InChI=1S/C14H9NO7/c16-13(17)11-6-5-10(7-12(11)14(18)19)22-9-3-1-8(2-4-9)15(20)21/h1-7H,(H,16,17)(H,18,19)/p-2. The van der Waals surface area contributed by atoms with Crippen LogP contribution in [0, 0.1) is 10.1 Å². The molecule has 0 atom stereocenters. The molecular weight excluding hydrogens is 294 g/mol. The summed E-state index contributed by atoms with van der Waals surface area (Å²) in [5.41, 5.74) is -1.24. The number of carbonyl (C=O) groups excluding carboxylic acids is 2. The first-order chi connectivity index (χ1) is 10.4. The molecule has 2 aromatic rings. The van der Waals surface area contributed by atoms with E-state index in [9.17, 15) is 29.9 Å². The molecule has 0 spiro atoms. The summed E-state index contributed by atoms with van der Waals surface area (Å²) < 4.78 is 5.31. The molecule has 0 aliphatic heterocycles. The minimum atomic E-state index is -1.69. The lowest BCUT2D eigenvalue weighted by molar-refractivity contribution is -0.384. The predicted octanol–water partition coefficient (Wildman–Crippen LogP) is 0.114. The molecule has 0 heterocycles. The van der Waals surface area contributed by atoms with Crippen LogP contribution in [-0.2, 0) is 0 Å². The zero-order valence-electron chi connectivity index (χ0n) is 10.8.